The summed E-state index contributed by atoms with van der Waals surface area (Å²) in [4.78, 5) is 8.41. The van der Waals surface area contributed by atoms with Crippen LogP contribution in [0.25, 0.3) is 0 Å². The lowest BCUT2D eigenvalue weighted by molar-refractivity contribution is 0.204. The smallest absolute Gasteiger partial charge is 0.185 e. The molecule has 0 radical (unpaired) electrons. The predicted molar refractivity (Wildman–Crippen MR) is 87.8 cm³/mol. The van der Waals surface area contributed by atoms with Crippen LogP contribution in [0.1, 0.15) is 38.3 Å². The van der Waals surface area contributed by atoms with Crippen LogP contribution in [0.5, 0.6) is 0 Å². The topological polar surface area (TPSA) is 37.4 Å². The van der Waals surface area contributed by atoms with Crippen molar-refractivity contribution in [2.75, 3.05) is 31.7 Å². The summed E-state index contributed by atoms with van der Waals surface area (Å²) < 4.78 is 5.21. The van der Waals surface area contributed by atoms with Gasteiger partial charge in [-0.25, -0.2) is 4.98 Å². The SMILES string of the molecule is COCCN(CC(C)C)c1nc(C)c(CNC(C)C)s1. The Kier molecular flexibility index (Phi) is 7.48. The lowest BCUT2D eigenvalue weighted by atomic mass is 10.2. The molecule has 0 aliphatic carbocycles. The number of aromatic nitrogens is 1. The number of aryl methyl sites for hydroxylation is 1. The average Bonchev–Trinajstić information content (AvgIpc) is 2.73. The van der Waals surface area contributed by atoms with Crippen molar-refractivity contribution in [1.29, 1.82) is 0 Å². The van der Waals surface area contributed by atoms with Crippen molar-refractivity contribution in [2.45, 2.75) is 47.2 Å². The molecule has 1 heterocycles. The number of thiazole rings is 1. The summed E-state index contributed by atoms with van der Waals surface area (Å²) in [6.07, 6.45) is 0. The molecule has 0 bridgehead atoms. The number of rotatable bonds is 9. The van der Waals surface area contributed by atoms with Gasteiger partial charge in [-0.1, -0.05) is 27.7 Å². The van der Waals surface area contributed by atoms with Crippen LogP contribution in [0.2, 0.25) is 0 Å². The summed E-state index contributed by atoms with van der Waals surface area (Å²) in [5.41, 5.74) is 1.14. The zero-order valence-electron chi connectivity index (χ0n) is 13.7. The monoisotopic (exact) mass is 299 g/mol. The highest BCUT2D eigenvalue weighted by Crippen LogP contribution is 2.26. The van der Waals surface area contributed by atoms with Gasteiger partial charge >= 0.3 is 0 Å². The van der Waals surface area contributed by atoms with Crippen LogP contribution in [-0.4, -0.2) is 37.8 Å². The van der Waals surface area contributed by atoms with E-state index in [2.05, 4.69) is 44.8 Å². The first-order valence-corrected chi connectivity index (χ1v) is 8.19. The maximum absolute atomic E-state index is 5.21. The second kappa shape index (κ2) is 8.60. The summed E-state index contributed by atoms with van der Waals surface area (Å²) >= 11 is 1.80. The molecule has 0 saturated carbocycles. The largest absolute Gasteiger partial charge is 0.383 e. The van der Waals surface area contributed by atoms with Crippen LogP contribution in [-0.2, 0) is 11.3 Å². The summed E-state index contributed by atoms with van der Waals surface area (Å²) in [5, 5.41) is 4.59. The van der Waals surface area contributed by atoms with Crippen molar-refractivity contribution in [3.63, 3.8) is 0 Å². The Balaban J connectivity index is 2.77. The standard InChI is InChI=1S/C15H29N3OS/c1-11(2)10-18(7-8-19-6)15-17-13(5)14(20-15)9-16-12(3)4/h11-12,16H,7-10H2,1-6H3. The Morgan fingerprint density at radius 2 is 2.00 bits per heavy atom. The van der Waals surface area contributed by atoms with E-state index in [1.807, 2.05) is 0 Å². The van der Waals surface area contributed by atoms with E-state index in [4.69, 9.17) is 9.72 Å². The molecule has 0 aliphatic heterocycles. The maximum atomic E-state index is 5.21. The molecule has 116 valence electrons. The Morgan fingerprint density at radius 3 is 2.55 bits per heavy atom. The lowest BCUT2D eigenvalue weighted by Gasteiger charge is -2.23. The van der Waals surface area contributed by atoms with Gasteiger partial charge in [0, 0.05) is 37.7 Å². The van der Waals surface area contributed by atoms with Gasteiger partial charge in [0.15, 0.2) is 5.13 Å². The van der Waals surface area contributed by atoms with Gasteiger partial charge in [-0.05, 0) is 12.8 Å². The third kappa shape index (κ3) is 5.77. The van der Waals surface area contributed by atoms with E-state index in [9.17, 15) is 0 Å². The van der Waals surface area contributed by atoms with Gasteiger partial charge < -0.3 is 15.0 Å². The molecule has 1 aromatic heterocycles. The first-order chi connectivity index (χ1) is 9.43. The quantitative estimate of drug-likeness (QED) is 0.760. The summed E-state index contributed by atoms with van der Waals surface area (Å²) in [6, 6.07) is 0.500. The second-order valence-electron chi connectivity index (χ2n) is 5.87. The Morgan fingerprint density at radius 1 is 1.30 bits per heavy atom. The molecule has 5 heteroatoms. The van der Waals surface area contributed by atoms with Crippen LogP contribution in [0.15, 0.2) is 0 Å². The number of anilines is 1. The van der Waals surface area contributed by atoms with Crippen molar-refractivity contribution < 1.29 is 4.74 Å². The molecule has 0 amide bonds. The molecule has 1 N–H and O–H groups in total. The van der Waals surface area contributed by atoms with E-state index in [1.54, 1.807) is 18.4 Å². The summed E-state index contributed by atoms with van der Waals surface area (Å²) in [6.45, 7) is 14.5. The number of methoxy groups -OCH3 is 1. The van der Waals surface area contributed by atoms with Crippen LogP contribution in [0, 0.1) is 12.8 Å². The van der Waals surface area contributed by atoms with E-state index in [-0.39, 0.29) is 0 Å². The first kappa shape index (κ1) is 17.4. The number of ether oxygens (including phenoxy) is 1. The number of nitrogens with zero attached hydrogens (tertiary/aromatic N) is 2. The maximum Gasteiger partial charge on any atom is 0.185 e. The molecular weight excluding hydrogens is 270 g/mol. The predicted octanol–water partition coefficient (Wildman–Crippen LogP) is 3.06. The molecule has 0 unspecified atom stereocenters. The van der Waals surface area contributed by atoms with Crippen molar-refractivity contribution >= 4 is 16.5 Å². The van der Waals surface area contributed by atoms with Gasteiger partial charge in [0.05, 0.1) is 12.3 Å². The van der Waals surface area contributed by atoms with E-state index in [1.165, 1.54) is 4.88 Å². The van der Waals surface area contributed by atoms with E-state index in [0.29, 0.717) is 12.0 Å². The molecule has 0 fully saturated rings. The van der Waals surface area contributed by atoms with Gasteiger partial charge in [0.2, 0.25) is 0 Å². The number of nitrogens with one attached hydrogen (secondary N) is 1. The van der Waals surface area contributed by atoms with Gasteiger partial charge in [-0.3, -0.25) is 0 Å². The zero-order chi connectivity index (χ0) is 15.1. The highest BCUT2D eigenvalue weighted by atomic mass is 32.1. The van der Waals surface area contributed by atoms with Crippen molar-refractivity contribution in [3.05, 3.63) is 10.6 Å². The average molecular weight is 299 g/mol. The fourth-order valence-electron chi connectivity index (χ4n) is 1.92. The van der Waals surface area contributed by atoms with Crippen molar-refractivity contribution in [2.24, 2.45) is 5.92 Å². The lowest BCUT2D eigenvalue weighted by Crippen LogP contribution is -2.30. The zero-order valence-corrected chi connectivity index (χ0v) is 14.5. The van der Waals surface area contributed by atoms with E-state index in [0.717, 1.165) is 37.1 Å². The third-order valence-corrected chi connectivity index (χ3v) is 4.19. The molecule has 0 spiro atoms. The molecule has 0 saturated heterocycles. The Bertz CT molecular complexity index is 390. The number of hydrogen-bond donors (Lipinski definition) is 1. The van der Waals surface area contributed by atoms with Gasteiger partial charge in [0.1, 0.15) is 0 Å². The fraction of sp³-hybridized carbons (Fsp3) is 0.800. The van der Waals surface area contributed by atoms with Gasteiger partial charge in [0.25, 0.3) is 0 Å². The van der Waals surface area contributed by atoms with E-state index >= 15 is 0 Å². The van der Waals surface area contributed by atoms with Gasteiger partial charge in [-0.15, -0.1) is 11.3 Å². The molecule has 1 rings (SSSR count). The fourth-order valence-corrected chi connectivity index (χ4v) is 2.96. The Labute approximate surface area is 127 Å². The van der Waals surface area contributed by atoms with Crippen molar-refractivity contribution in [1.82, 2.24) is 10.3 Å². The molecule has 0 atom stereocenters. The highest BCUT2D eigenvalue weighted by molar-refractivity contribution is 7.15. The first-order valence-electron chi connectivity index (χ1n) is 7.37. The Hall–Kier alpha value is -0.650. The highest BCUT2D eigenvalue weighted by Gasteiger charge is 2.15. The normalized spacial score (nSPS) is 11.6. The van der Waals surface area contributed by atoms with E-state index < -0.39 is 0 Å². The van der Waals surface area contributed by atoms with Crippen LogP contribution in [0.4, 0.5) is 5.13 Å². The molecule has 0 aromatic carbocycles. The van der Waals surface area contributed by atoms with Crippen LogP contribution < -0.4 is 10.2 Å². The van der Waals surface area contributed by atoms with Gasteiger partial charge in [-0.2, -0.15) is 0 Å². The summed E-state index contributed by atoms with van der Waals surface area (Å²) in [5.74, 6) is 0.619. The second-order valence-corrected chi connectivity index (χ2v) is 6.94. The minimum absolute atomic E-state index is 0.500. The number of hydrogen-bond acceptors (Lipinski definition) is 5. The van der Waals surface area contributed by atoms with Crippen LogP contribution in [0.3, 0.4) is 0 Å². The molecular formula is C15H29N3OS. The minimum Gasteiger partial charge on any atom is -0.383 e. The summed E-state index contributed by atoms with van der Waals surface area (Å²) in [7, 11) is 1.75. The van der Waals surface area contributed by atoms with Crippen molar-refractivity contribution in [3.8, 4) is 0 Å². The third-order valence-electron chi connectivity index (χ3n) is 2.97. The molecule has 0 aliphatic rings. The van der Waals surface area contributed by atoms with Crippen LogP contribution >= 0.6 is 11.3 Å². The molecule has 20 heavy (non-hydrogen) atoms. The minimum atomic E-state index is 0.500. The molecule has 4 nitrogen and oxygen atoms in total. The molecule has 1 aromatic rings.